The predicted molar refractivity (Wildman–Crippen MR) is 132 cm³/mol. The van der Waals surface area contributed by atoms with Crippen molar-refractivity contribution in [2.24, 2.45) is 0 Å². The van der Waals surface area contributed by atoms with E-state index in [1.54, 1.807) is 30.7 Å². The highest BCUT2D eigenvalue weighted by Gasteiger charge is 2.22. The predicted octanol–water partition coefficient (Wildman–Crippen LogP) is 6.33. The second-order valence-corrected chi connectivity index (χ2v) is 8.52. The Kier molecular flexibility index (Phi) is 6.25. The molecular weight excluding hydrogens is 470 g/mol. The fourth-order valence-electron chi connectivity index (χ4n) is 4.08. The Balaban J connectivity index is 1.53. The molecule has 0 saturated carbocycles. The molecular formula is C27H19ClF2N4O. The van der Waals surface area contributed by atoms with Crippen LogP contribution < -0.4 is 4.90 Å². The molecule has 0 aliphatic heterocycles. The number of aromatic amines is 1. The van der Waals surface area contributed by atoms with Crippen LogP contribution in [0.15, 0.2) is 85.6 Å². The number of benzene rings is 3. The maximum absolute atomic E-state index is 15.4. The lowest BCUT2D eigenvalue weighted by Crippen LogP contribution is -2.32. The van der Waals surface area contributed by atoms with Crippen LogP contribution in [0.4, 0.5) is 14.5 Å². The lowest BCUT2D eigenvalue weighted by molar-refractivity contribution is -0.118. The van der Waals surface area contributed by atoms with Crippen molar-refractivity contribution in [2.75, 3.05) is 4.90 Å². The van der Waals surface area contributed by atoms with Gasteiger partial charge in [0.1, 0.15) is 11.6 Å². The van der Waals surface area contributed by atoms with E-state index in [1.165, 1.54) is 35.5 Å². The number of nitrogens with one attached hydrogen (secondary N) is 1. The maximum Gasteiger partial charge on any atom is 0.231 e. The van der Waals surface area contributed by atoms with E-state index in [0.717, 1.165) is 10.8 Å². The average molecular weight is 489 g/mol. The van der Waals surface area contributed by atoms with Crippen LogP contribution >= 0.6 is 11.6 Å². The van der Waals surface area contributed by atoms with E-state index in [9.17, 15) is 9.18 Å². The van der Waals surface area contributed by atoms with E-state index in [-0.39, 0.29) is 29.6 Å². The van der Waals surface area contributed by atoms with Crippen molar-refractivity contribution in [1.82, 2.24) is 15.0 Å². The summed E-state index contributed by atoms with van der Waals surface area (Å²) in [6.45, 7) is -0.0607. The number of nitrogens with zero attached hydrogens (tertiary/aromatic N) is 3. The number of carbonyl (C=O) groups excluding carboxylic acids is 1. The Bertz CT molecular complexity index is 1500. The summed E-state index contributed by atoms with van der Waals surface area (Å²) in [5.41, 5.74) is 2.46. The molecule has 174 valence electrons. The third-order valence-corrected chi connectivity index (χ3v) is 5.92. The monoisotopic (exact) mass is 488 g/mol. The summed E-state index contributed by atoms with van der Waals surface area (Å²) in [5.74, 6) is -1.49. The van der Waals surface area contributed by atoms with Crippen molar-refractivity contribution in [3.8, 4) is 11.3 Å². The average Bonchev–Trinajstić information content (AvgIpc) is 3.37. The van der Waals surface area contributed by atoms with Crippen LogP contribution in [0.5, 0.6) is 0 Å². The van der Waals surface area contributed by atoms with Crippen LogP contribution in [0.2, 0.25) is 5.02 Å². The number of hydrogen-bond acceptors (Lipinski definition) is 3. The van der Waals surface area contributed by atoms with Crippen LogP contribution in [-0.2, 0) is 17.8 Å². The minimum Gasteiger partial charge on any atom is -0.345 e. The first-order chi connectivity index (χ1) is 17.0. The first kappa shape index (κ1) is 22.7. The minimum absolute atomic E-state index is 0.0147. The number of fused-ring (bicyclic) bond motifs is 1. The maximum atomic E-state index is 15.4. The van der Waals surface area contributed by atoms with Gasteiger partial charge in [0.25, 0.3) is 0 Å². The van der Waals surface area contributed by atoms with Gasteiger partial charge in [0.15, 0.2) is 0 Å². The normalized spacial score (nSPS) is 11.1. The van der Waals surface area contributed by atoms with Gasteiger partial charge in [-0.15, -0.1) is 0 Å². The number of pyridine rings is 1. The van der Waals surface area contributed by atoms with Gasteiger partial charge in [0.05, 0.1) is 36.9 Å². The number of H-pyrrole nitrogens is 1. The highest BCUT2D eigenvalue weighted by atomic mass is 35.5. The molecule has 0 radical (unpaired) electrons. The van der Waals surface area contributed by atoms with Crippen molar-refractivity contribution in [3.63, 3.8) is 0 Å². The first-order valence-corrected chi connectivity index (χ1v) is 11.2. The third kappa shape index (κ3) is 4.90. The number of imidazole rings is 1. The van der Waals surface area contributed by atoms with Crippen LogP contribution in [-0.4, -0.2) is 20.9 Å². The Morgan fingerprint density at radius 3 is 2.60 bits per heavy atom. The van der Waals surface area contributed by atoms with Gasteiger partial charge in [0.2, 0.25) is 5.91 Å². The quantitative estimate of drug-likeness (QED) is 0.303. The third-order valence-electron chi connectivity index (χ3n) is 5.70. The summed E-state index contributed by atoms with van der Waals surface area (Å²) in [5, 5.41) is 1.98. The van der Waals surface area contributed by atoms with Gasteiger partial charge in [0, 0.05) is 28.4 Å². The topological polar surface area (TPSA) is 61.9 Å². The summed E-state index contributed by atoms with van der Waals surface area (Å²) in [6, 6.07) is 16.2. The van der Waals surface area contributed by atoms with Crippen molar-refractivity contribution >= 4 is 34.0 Å². The van der Waals surface area contributed by atoms with Crippen molar-refractivity contribution in [1.29, 1.82) is 0 Å². The molecule has 8 heteroatoms. The molecule has 0 unspecified atom stereocenters. The lowest BCUT2D eigenvalue weighted by atomic mass is 10.0. The number of rotatable bonds is 6. The summed E-state index contributed by atoms with van der Waals surface area (Å²) in [4.78, 5) is 26.0. The molecule has 0 atom stereocenters. The van der Waals surface area contributed by atoms with E-state index >= 15 is 4.39 Å². The number of anilines is 1. The SMILES string of the molecule is O=C(Cc1cncc2ccccc12)N(Cc1cc(F)cc(Cl)c1)c1ccc(-c2cnc[nH]2)cc1F. The Labute approximate surface area is 205 Å². The molecule has 3 aromatic carbocycles. The summed E-state index contributed by atoms with van der Waals surface area (Å²) >= 11 is 6.03. The van der Waals surface area contributed by atoms with E-state index in [0.29, 0.717) is 22.4 Å². The highest BCUT2D eigenvalue weighted by molar-refractivity contribution is 6.30. The smallest absolute Gasteiger partial charge is 0.231 e. The molecule has 5 rings (SSSR count). The molecule has 0 fully saturated rings. The number of hydrogen-bond donors (Lipinski definition) is 1. The van der Waals surface area contributed by atoms with Crippen molar-refractivity contribution in [3.05, 3.63) is 113 Å². The molecule has 2 heterocycles. The molecule has 2 aromatic heterocycles. The van der Waals surface area contributed by atoms with Gasteiger partial charge in [-0.05, 0) is 46.8 Å². The molecule has 0 bridgehead atoms. The van der Waals surface area contributed by atoms with Gasteiger partial charge in [-0.1, -0.05) is 41.9 Å². The summed E-state index contributed by atoms with van der Waals surface area (Å²) in [6.07, 6.45) is 6.43. The Morgan fingerprint density at radius 1 is 0.971 bits per heavy atom. The number of halogens is 3. The van der Waals surface area contributed by atoms with E-state index in [1.807, 2.05) is 24.3 Å². The minimum atomic E-state index is -0.594. The second kappa shape index (κ2) is 9.64. The zero-order valence-electron chi connectivity index (χ0n) is 18.4. The van der Waals surface area contributed by atoms with E-state index in [4.69, 9.17) is 11.6 Å². The summed E-state index contributed by atoms with van der Waals surface area (Å²) in [7, 11) is 0. The molecule has 5 aromatic rings. The lowest BCUT2D eigenvalue weighted by Gasteiger charge is -2.24. The second-order valence-electron chi connectivity index (χ2n) is 8.09. The van der Waals surface area contributed by atoms with Gasteiger partial charge >= 0.3 is 0 Å². The summed E-state index contributed by atoms with van der Waals surface area (Å²) < 4.78 is 29.4. The zero-order chi connectivity index (χ0) is 24.4. The molecule has 1 N–H and O–H groups in total. The van der Waals surface area contributed by atoms with Gasteiger partial charge in [-0.25, -0.2) is 13.8 Å². The zero-order valence-corrected chi connectivity index (χ0v) is 19.1. The standard InChI is InChI=1S/C27H19ClF2N4O/c28-21-7-17(8-22(29)11-21)15-34(26-6-5-18(9-24(26)30)25-14-32-16-33-25)27(35)10-20-13-31-12-19-3-1-2-4-23(19)20/h1-9,11-14,16H,10,15H2,(H,32,33). The fourth-order valence-corrected chi connectivity index (χ4v) is 4.32. The van der Waals surface area contributed by atoms with Crippen molar-refractivity contribution < 1.29 is 13.6 Å². The first-order valence-electron chi connectivity index (χ1n) is 10.8. The van der Waals surface area contributed by atoms with E-state index < -0.39 is 11.6 Å². The van der Waals surface area contributed by atoms with Crippen LogP contribution in [0.25, 0.3) is 22.0 Å². The van der Waals surface area contributed by atoms with Gasteiger partial charge < -0.3 is 9.88 Å². The molecule has 5 nitrogen and oxygen atoms in total. The molecule has 0 spiro atoms. The van der Waals surface area contributed by atoms with Crippen LogP contribution in [0.3, 0.4) is 0 Å². The number of carbonyl (C=O) groups is 1. The van der Waals surface area contributed by atoms with Crippen LogP contribution in [0.1, 0.15) is 11.1 Å². The van der Waals surface area contributed by atoms with Crippen LogP contribution in [0, 0.1) is 11.6 Å². The fraction of sp³-hybridized carbons (Fsp3) is 0.0741. The molecule has 0 aliphatic rings. The van der Waals surface area contributed by atoms with Gasteiger partial charge in [-0.3, -0.25) is 9.78 Å². The molecule has 1 amide bonds. The van der Waals surface area contributed by atoms with Crippen molar-refractivity contribution in [2.45, 2.75) is 13.0 Å². The number of amides is 1. The number of aromatic nitrogens is 3. The molecule has 0 saturated heterocycles. The van der Waals surface area contributed by atoms with Gasteiger partial charge in [-0.2, -0.15) is 0 Å². The molecule has 0 aliphatic carbocycles. The molecule has 35 heavy (non-hydrogen) atoms. The largest absolute Gasteiger partial charge is 0.345 e. The Hall–Kier alpha value is -4.10. The van der Waals surface area contributed by atoms with E-state index in [2.05, 4.69) is 15.0 Å². The highest BCUT2D eigenvalue weighted by Crippen LogP contribution is 2.29. The Morgan fingerprint density at radius 2 is 1.83 bits per heavy atom.